The lowest BCUT2D eigenvalue weighted by atomic mass is 10.0. The topological polar surface area (TPSA) is 103 Å². The monoisotopic (exact) mass is 525 g/mol. The molecule has 2 amide bonds. The molecule has 10 nitrogen and oxygen atoms in total. The Kier molecular flexibility index (Phi) is 7.29. The van der Waals surface area contributed by atoms with Crippen molar-refractivity contribution in [2.24, 2.45) is 4.99 Å². The molecule has 2 fully saturated rings. The maximum atomic E-state index is 13.1. The minimum absolute atomic E-state index is 0.00130. The highest BCUT2D eigenvalue weighted by Gasteiger charge is 2.25. The van der Waals surface area contributed by atoms with E-state index in [9.17, 15) is 9.59 Å². The van der Waals surface area contributed by atoms with Gasteiger partial charge < -0.3 is 19.9 Å². The van der Waals surface area contributed by atoms with Crippen molar-refractivity contribution in [1.29, 1.82) is 0 Å². The molecule has 10 heteroatoms. The molecule has 0 atom stereocenters. The molecule has 0 aliphatic carbocycles. The van der Waals surface area contributed by atoms with Gasteiger partial charge in [0.05, 0.1) is 32.0 Å². The summed E-state index contributed by atoms with van der Waals surface area (Å²) in [6.45, 7) is 6.03. The Morgan fingerprint density at radius 2 is 1.67 bits per heavy atom. The van der Waals surface area contributed by atoms with Crippen LogP contribution < -0.4 is 5.32 Å². The van der Waals surface area contributed by atoms with Crippen molar-refractivity contribution < 1.29 is 14.3 Å². The smallest absolute Gasteiger partial charge is 0.253 e. The zero-order valence-electron chi connectivity index (χ0n) is 21.8. The van der Waals surface area contributed by atoms with Crippen LogP contribution in [0.2, 0.25) is 0 Å². The van der Waals surface area contributed by atoms with Gasteiger partial charge in [0, 0.05) is 79.6 Å². The molecule has 0 unspecified atom stereocenters. The first kappa shape index (κ1) is 25.1. The molecule has 0 spiro atoms. The molecular formula is C29H31N7O3. The van der Waals surface area contributed by atoms with Crippen LogP contribution in [0, 0.1) is 0 Å². The Hall–Kier alpha value is -4.15. The van der Waals surface area contributed by atoms with E-state index in [4.69, 9.17) is 9.72 Å². The van der Waals surface area contributed by atoms with E-state index in [0.29, 0.717) is 77.1 Å². The molecule has 39 heavy (non-hydrogen) atoms. The molecule has 3 aliphatic rings. The molecule has 6 rings (SSSR count). The molecule has 3 aliphatic heterocycles. The Morgan fingerprint density at radius 3 is 2.46 bits per heavy atom. The van der Waals surface area contributed by atoms with Crippen LogP contribution in [0.5, 0.6) is 0 Å². The predicted octanol–water partition coefficient (Wildman–Crippen LogP) is 2.44. The van der Waals surface area contributed by atoms with Crippen LogP contribution in [0.4, 0.5) is 11.6 Å². The maximum absolute atomic E-state index is 13.1. The summed E-state index contributed by atoms with van der Waals surface area (Å²) in [6.07, 6.45) is 3.70. The van der Waals surface area contributed by atoms with Crippen molar-refractivity contribution in [2.45, 2.75) is 6.54 Å². The fourth-order valence-corrected chi connectivity index (χ4v) is 5.10. The van der Waals surface area contributed by atoms with Gasteiger partial charge in [-0.15, -0.1) is 0 Å². The highest BCUT2D eigenvalue weighted by Crippen LogP contribution is 2.28. The van der Waals surface area contributed by atoms with E-state index in [0.717, 1.165) is 28.1 Å². The second-order valence-electron chi connectivity index (χ2n) is 9.89. The number of piperazine rings is 1. The number of fused-ring (bicyclic) bond motifs is 3. The van der Waals surface area contributed by atoms with Crippen molar-refractivity contribution in [3.8, 4) is 11.3 Å². The van der Waals surface area contributed by atoms with Crippen molar-refractivity contribution >= 4 is 29.7 Å². The third-order valence-electron chi connectivity index (χ3n) is 7.34. The number of carbonyl (C=O) groups excluding carboxylic acids is 2. The van der Waals surface area contributed by atoms with Gasteiger partial charge in [0.1, 0.15) is 0 Å². The summed E-state index contributed by atoms with van der Waals surface area (Å²) in [5.74, 6) is 0.628. The van der Waals surface area contributed by atoms with E-state index in [2.05, 4.69) is 20.2 Å². The molecule has 0 saturated carbocycles. The Morgan fingerprint density at radius 1 is 0.897 bits per heavy atom. The number of benzene rings is 2. The molecule has 1 aromatic heterocycles. The van der Waals surface area contributed by atoms with Gasteiger partial charge in [0.2, 0.25) is 11.9 Å². The second-order valence-corrected chi connectivity index (χ2v) is 9.89. The number of nitrogens with zero attached hydrogens (tertiary/aromatic N) is 6. The summed E-state index contributed by atoms with van der Waals surface area (Å²) in [5.41, 5.74) is 5.36. The van der Waals surface area contributed by atoms with E-state index in [1.807, 2.05) is 70.7 Å². The molecule has 3 aromatic rings. The molecule has 2 saturated heterocycles. The average molecular weight is 526 g/mol. The highest BCUT2D eigenvalue weighted by atomic mass is 16.5. The minimum Gasteiger partial charge on any atom is -0.378 e. The fraction of sp³-hybridized carbons (Fsp3) is 0.345. The van der Waals surface area contributed by atoms with E-state index < -0.39 is 0 Å². The minimum atomic E-state index is -0.00130. The largest absolute Gasteiger partial charge is 0.378 e. The predicted molar refractivity (Wildman–Crippen MR) is 148 cm³/mol. The molecule has 4 heterocycles. The zero-order valence-corrected chi connectivity index (χ0v) is 21.8. The number of amides is 2. The standard InChI is InChI=1S/C29H31N7O3/c37-26(35-13-15-39-16-14-35)20-34-9-11-36(12-10-34)28(38)21-5-7-24(8-6-21)32-29-31-19-23-18-30-17-22-3-1-2-4-25(22)27(23)33-29/h1-8,17,19H,9-16,18,20H2,(H,31,32,33). The normalized spacial score (nSPS) is 17.2. The van der Waals surface area contributed by atoms with Crippen LogP contribution in [-0.4, -0.2) is 102 Å². The Labute approximate surface area is 227 Å². The number of aliphatic imine (C=N–C) groups is 1. The maximum Gasteiger partial charge on any atom is 0.253 e. The van der Waals surface area contributed by atoms with Gasteiger partial charge in [0.25, 0.3) is 5.91 Å². The Bertz CT molecular complexity index is 1380. The number of aromatic nitrogens is 2. The van der Waals surface area contributed by atoms with E-state index in [1.54, 1.807) is 0 Å². The SMILES string of the molecule is O=C(CN1CCN(C(=O)c2ccc(Nc3ncc4c(n3)-c3ccccc3C=NC4)cc2)CC1)N1CCOCC1. The first-order valence-electron chi connectivity index (χ1n) is 13.3. The van der Waals surface area contributed by atoms with Gasteiger partial charge in [-0.25, -0.2) is 9.97 Å². The molecular weight excluding hydrogens is 494 g/mol. The third-order valence-corrected chi connectivity index (χ3v) is 7.34. The number of carbonyl (C=O) groups is 2. The summed E-state index contributed by atoms with van der Waals surface area (Å²) in [7, 11) is 0. The first-order valence-corrected chi connectivity index (χ1v) is 13.3. The average Bonchev–Trinajstić information content (AvgIpc) is 3.17. The van der Waals surface area contributed by atoms with Crippen molar-refractivity contribution in [1.82, 2.24) is 24.7 Å². The second kappa shape index (κ2) is 11.3. The number of hydrogen-bond donors (Lipinski definition) is 1. The van der Waals surface area contributed by atoms with Crippen LogP contribution in [0.1, 0.15) is 21.5 Å². The summed E-state index contributed by atoms with van der Waals surface area (Å²) < 4.78 is 5.33. The van der Waals surface area contributed by atoms with Crippen LogP contribution in [0.3, 0.4) is 0 Å². The number of morpholine rings is 1. The van der Waals surface area contributed by atoms with Gasteiger partial charge in [-0.2, -0.15) is 0 Å². The zero-order chi connectivity index (χ0) is 26.6. The van der Waals surface area contributed by atoms with Crippen LogP contribution >= 0.6 is 0 Å². The molecule has 2 aromatic carbocycles. The summed E-state index contributed by atoms with van der Waals surface area (Å²) >= 11 is 0. The molecule has 0 radical (unpaired) electrons. The summed E-state index contributed by atoms with van der Waals surface area (Å²) in [6, 6.07) is 15.5. The lowest BCUT2D eigenvalue weighted by molar-refractivity contribution is -0.136. The Balaban J connectivity index is 1.05. The fourth-order valence-electron chi connectivity index (χ4n) is 5.10. The van der Waals surface area contributed by atoms with E-state index in [-0.39, 0.29) is 11.8 Å². The number of anilines is 2. The van der Waals surface area contributed by atoms with Crippen LogP contribution in [0.25, 0.3) is 11.3 Å². The lowest BCUT2D eigenvalue weighted by Gasteiger charge is -2.36. The third kappa shape index (κ3) is 5.67. The van der Waals surface area contributed by atoms with Crippen LogP contribution in [0.15, 0.2) is 59.7 Å². The number of hydrogen-bond acceptors (Lipinski definition) is 8. The molecule has 0 bridgehead atoms. The quantitative estimate of drug-likeness (QED) is 0.546. The van der Waals surface area contributed by atoms with Gasteiger partial charge in [-0.3, -0.25) is 19.5 Å². The van der Waals surface area contributed by atoms with E-state index in [1.165, 1.54) is 0 Å². The van der Waals surface area contributed by atoms with E-state index >= 15 is 0 Å². The van der Waals surface area contributed by atoms with Crippen molar-refractivity contribution in [2.75, 3.05) is 64.3 Å². The van der Waals surface area contributed by atoms with Crippen LogP contribution in [-0.2, 0) is 16.1 Å². The lowest BCUT2D eigenvalue weighted by Crippen LogP contribution is -2.52. The molecule has 1 N–H and O–H groups in total. The van der Waals surface area contributed by atoms with Gasteiger partial charge in [0.15, 0.2) is 0 Å². The van der Waals surface area contributed by atoms with Gasteiger partial charge >= 0.3 is 0 Å². The number of rotatable bonds is 5. The summed E-state index contributed by atoms with van der Waals surface area (Å²) in [4.78, 5) is 45.2. The van der Waals surface area contributed by atoms with Gasteiger partial charge in [-0.1, -0.05) is 24.3 Å². The van der Waals surface area contributed by atoms with Crippen molar-refractivity contribution in [3.05, 3.63) is 71.4 Å². The van der Waals surface area contributed by atoms with Gasteiger partial charge in [-0.05, 0) is 24.3 Å². The van der Waals surface area contributed by atoms with Crippen molar-refractivity contribution in [3.63, 3.8) is 0 Å². The summed E-state index contributed by atoms with van der Waals surface area (Å²) in [5, 5.41) is 3.26. The number of nitrogens with one attached hydrogen (secondary N) is 1. The molecule has 200 valence electrons. The number of ether oxygens (including phenoxy) is 1. The first-order chi connectivity index (χ1) is 19.1. The highest BCUT2D eigenvalue weighted by molar-refractivity contribution is 5.95.